The number of aliphatic carboxylic acids is 1. The van der Waals surface area contributed by atoms with Gasteiger partial charge in [-0.15, -0.1) is 0 Å². The third kappa shape index (κ3) is 5.15. The number of rotatable bonds is 8. The summed E-state index contributed by atoms with van der Waals surface area (Å²) in [6, 6.07) is 6.54. The second kappa shape index (κ2) is 8.61. The van der Waals surface area contributed by atoms with Crippen LogP contribution in [-0.4, -0.2) is 57.7 Å². The van der Waals surface area contributed by atoms with Crippen molar-refractivity contribution in [2.45, 2.75) is 18.9 Å². The topological polar surface area (TPSA) is 105 Å². The van der Waals surface area contributed by atoms with Crippen molar-refractivity contribution in [2.24, 2.45) is 5.92 Å². The summed E-state index contributed by atoms with van der Waals surface area (Å²) >= 11 is 0. The van der Waals surface area contributed by atoms with E-state index in [0.717, 1.165) is 5.56 Å². The van der Waals surface area contributed by atoms with Crippen LogP contribution in [0.3, 0.4) is 0 Å². The van der Waals surface area contributed by atoms with Gasteiger partial charge >= 0.3 is 5.97 Å². The molecule has 0 radical (unpaired) electrons. The average Bonchev–Trinajstić information content (AvgIpc) is 2.61. The largest absolute Gasteiger partial charge is 0.497 e. The maximum Gasteiger partial charge on any atom is 0.306 e. The first-order valence-corrected chi connectivity index (χ1v) is 9.44. The second-order valence-electron chi connectivity index (χ2n) is 5.92. The molecule has 25 heavy (non-hydrogen) atoms. The molecule has 1 unspecified atom stereocenters. The summed E-state index contributed by atoms with van der Waals surface area (Å²) in [7, 11) is -0.709. The summed E-state index contributed by atoms with van der Waals surface area (Å²) in [5, 5.41) is 9.03. The Kier molecular flexibility index (Phi) is 6.77. The number of carboxylic acid groups (broad SMARTS) is 1. The molecule has 1 aliphatic heterocycles. The molecule has 0 aromatic heterocycles. The average molecular weight is 372 g/mol. The Morgan fingerprint density at radius 1 is 1.36 bits per heavy atom. The Morgan fingerprint density at radius 3 is 2.60 bits per heavy atom. The highest BCUT2D eigenvalue weighted by atomic mass is 32.2. The third-order valence-electron chi connectivity index (χ3n) is 4.26. The van der Waals surface area contributed by atoms with Gasteiger partial charge in [-0.1, -0.05) is 12.1 Å². The van der Waals surface area contributed by atoms with E-state index < -0.39 is 28.1 Å². The first-order valence-electron chi connectivity index (χ1n) is 8.00. The van der Waals surface area contributed by atoms with Crippen molar-refractivity contribution in [1.82, 2.24) is 9.03 Å². The second-order valence-corrected chi connectivity index (χ2v) is 7.62. The first kappa shape index (κ1) is 19.6. The van der Waals surface area contributed by atoms with Gasteiger partial charge in [0.2, 0.25) is 0 Å². The molecule has 1 aromatic carbocycles. The van der Waals surface area contributed by atoms with Crippen LogP contribution in [0.15, 0.2) is 24.3 Å². The number of piperidine rings is 1. The van der Waals surface area contributed by atoms with Crippen molar-refractivity contribution >= 4 is 16.2 Å². The molecule has 0 amide bonds. The van der Waals surface area contributed by atoms with Gasteiger partial charge in [0.1, 0.15) is 5.75 Å². The maximum atomic E-state index is 12.7. The van der Waals surface area contributed by atoms with Gasteiger partial charge in [0.15, 0.2) is 0 Å². The highest BCUT2D eigenvalue weighted by Gasteiger charge is 2.32. The van der Waals surface area contributed by atoms with Crippen molar-refractivity contribution in [2.75, 3.05) is 33.9 Å². The molecule has 1 aromatic rings. The lowest BCUT2D eigenvalue weighted by Crippen LogP contribution is -2.47. The summed E-state index contributed by atoms with van der Waals surface area (Å²) in [5.74, 6) is -0.738. The highest BCUT2D eigenvalue weighted by Crippen LogP contribution is 2.23. The zero-order valence-electron chi connectivity index (χ0n) is 14.3. The van der Waals surface area contributed by atoms with Crippen molar-refractivity contribution in [3.63, 3.8) is 0 Å². The molecule has 2 N–H and O–H groups in total. The molecule has 0 bridgehead atoms. The highest BCUT2D eigenvalue weighted by molar-refractivity contribution is 7.87. The van der Waals surface area contributed by atoms with E-state index in [4.69, 9.17) is 14.6 Å². The smallest absolute Gasteiger partial charge is 0.306 e. The van der Waals surface area contributed by atoms with E-state index in [1.165, 1.54) is 11.4 Å². The van der Waals surface area contributed by atoms with E-state index in [2.05, 4.69) is 4.72 Å². The van der Waals surface area contributed by atoms with Gasteiger partial charge in [-0.25, -0.2) is 0 Å². The Bertz CT molecular complexity index is 686. The van der Waals surface area contributed by atoms with Crippen LogP contribution in [0.4, 0.5) is 0 Å². The predicted molar refractivity (Wildman–Crippen MR) is 91.6 cm³/mol. The van der Waals surface area contributed by atoms with Gasteiger partial charge in [0, 0.05) is 20.2 Å². The standard InChI is InChI=1S/C16H24N2O6S/c1-23-11-15(13-4-3-5-14(10-13)24-2)17-25(21,22)18-8-6-12(7-9-18)16(19)20/h3-5,10,12,15,17H,6-9,11H2,1-2H3,(H,19,20). The van der Waals surface area contributed by atoms with E-state index in [1.807, 2.05) is 0 Å². The number of methoxy groups -OCH3 is 2. The molecular formula is C16H24N2O6S. The van der Waals surface area contributed by atoms with E-state index in [1.54, 1.807) is 31.4 Å². The Hall–Kier alpha value is -1.68. The van der Waals surface area contributed by atoms with Gasteiger partial charge in [-0.2, -0.15) is 17.4 Å². The molecule has 9 heteroatoms. The molecule has 1 saturated heterocycles. The van der Waals surface area contributed by atoms with E-state index >= 15 is 0 Å². The van der Waals surface area contributed by atoms with Crippen LogP contribution >= 0.6 is 0 Å². The zero-order chi connectivity index (χ0) is 18.4. The van der Waals surface area contributed by atoms with Crippen molar-refractivity contribution in [3.05, 3.63) is 29.8 Å². The van der Waals surface area contributed by atoms with Crippen LogP contribution in [0.2, 0.25) is 0 Å². The summed E-state index contributed by atoms with van der Waals surface area (Å²) in [6.45, 7) is 0.534. The van der Waals surface area contributed by atoms with Crippen molar-refractivity contribution in [3.8, 4) is 5.75 Å². The van der Waals surface area contributed by atoms with Crippen LogP contribution in [0, 0.1) is 5.92 Å². The number of carbonyl (C=O) groups is 1. The monoisotopic (exact) mass is 372 g/mol. The van der Waals surface area contributed by atoms with Crippen molar-refractivity contribution in [1.29, 1.82) is 0 Å². The van der Waals surface area contributed by atoms with Crippen LogP contribution in [0.25, 0.3) is 0 Å². The minimum absolute atomic E-state index is 0.165. The molecule has 1 fully saturated rings. The lowest BCUT2D eigenvalue weighted by atomic mass is 9.99. The number of nitrogens with one attached hydrogen (secondary N) is 1. The number of benzene rings is 1. The molecule has 140 valence electrons. The van der Waals surface area contributed by atoms with Crippen LogP contribution in [0.1, 0.15) is 24.4 Å². The fourth-order valence-electron chi connectivity index (χ4n) is 2.82. The molecule has 1 heterocycles. The van der Waals surface area contributed by atoms with Crippen LogP contribution < -0.4 is 9.46 Å². The van der Waals surface area contributed by atoms with Crippen LogP contribution in [0.5, 0.6) is 5.75 Å². The molecule has 0 aliphatic carbocycles. The number of carboxylic acids is 1. The molecule has 8 nitrogen and oxygen atoms in total. The van der Waals surface area contributed by atoms with Crippen LogP contribution in [-0.2, 0) is 19.7 Å². The number of hydrogen-bond donors (Lipinski definition) is 2. The van der Waals surface area contributed by atoms with E-state index in [-0.39, 0.29) is 19.7 Å². The van der Waals surface area contributed by atoms with E-state index in [0.29, 0.717) is 18.6 Å². The van der Waals surface area contributed by atoms with Gasteiger partial charge in [0.25, 0.3) is 10.2 Å². The Balaban J connectivity index is 2.11. The fourth-order valence-corrected chi connectivity index (χ4v) is 4.22. The minimum atomic E-state index is -3.75. The third-order valence-corrected chi connectivity index (χ3v) is 5.89. The lowest BCUT2D eigenvalue weighted by molar-refractivity contribution is -0.142. The first-order chi connectivity index (χ1) is 11.9. The van der Waals surface area contributed by atoms with Crippen molar-refractivity contribution < 1.29 is 27.8 Å². The molecular weight excluding hydrogens is 348 g/mol. The molecule has 0 saturated carbocycles. The quantitative estimate of drug-likeness (QED) is 0.706. The maximum absolute atomic E-state index is 12.7. The lowest BCUT2D eigenvalue weighted by Gasteiger charge is -2.31. The zero-order valence-corrected chi connectivity index (χ0v) is 15.2. The van der Waals surface area contributed by atoms with Gasteiger partial charge in [-0.05, 0) is 30.5 Å². The van der Waals surface area contributed by atoms with Gasteiger partial charge < -0.3 is 14.6 Å². The summed E-state index contributed by atoms with van der Waals surface area (Å²) in [5.41, 5.74) is 0.727. The summed E-state index contributed by atoms with van der Waals surface area (Å²) in [6.07, 6.45) is 0.620. The number of hydrogen-bond acceptors (Lipinski definition) is 5. The number of nitrogens with zero attached hydrogens (tertiary/aromatic N) is 1. The molecule has 1 aliphatic rings. The normalized spacial score (nSPS) is 18.0. The molecule has 1 atom stereocenters. The van der Waals surface area contributed by atoms with Gasteiger partial charge in [-0.3, -0.25) is 4.79 Å². The minimum Gasteiger partial charge on any atom is -0.497 e. The Morgan fingerprint density at radius 2 is 2.04 bits per heavy atom. The number of ether oxygens (including phenoxy) is 2. The summed E-state index contributed by atoms with van der Waals surface area (Å²) < 4.78 is 39.6. The molecule has 2 rings (SSSR count). The predicted octanol–water partition coefficient (Wildman–Crippen LogP) is 1.01. The SMILES string of the molecule is COCC(NS(=O)(=O)N1CCC(C(=O)O)CC1)c1cccc(OC)c1. The molecule has 0 spiro atoms. The Labute approximate surface area is 147 Å². The van der Waals surface area contributed by atoms with Gasteiger partial charge in [0.05, 0.1) is 25.7 Å². The fraction of sp³-hybridized carbons (Fsp3) is 0.562. The summed E-state index contributed by atoms with van der Waals surface area (Å²) in [4.78, 5) is 11.0. The van der Waals surface area contributed by atoms with E-state index in [9.17, 15) is 13.2 Å².